The predicted molar refractivity (Wildman–Crippen MR) is 86.3 cm³/mol. The Morgan fingerprint density at radius 1 is 1.24 bits per heavy atom. The van der Waals surface area contributed by atoms with Gasteiger partial charge in [-0.3, -0.25) is 14.6 Å². The lowest BCUT2D eigenvalue weighted by molar-refractivity contribution is -0.137. The fraction of sp³-hybridized carbons (Fsp3) is 0.188. The average Bonchev–Trinajstić information content (AvgIpc) is 2.55. The van der Waals surface area contributed by atoms with Gasteiger partial charge in [-0.05, 0) is 30.3 Å². The smallest absolute Gasteiger partial charge is 0.331 e. The number of pyridine rings is 1. The fourth-order valence-corrected chi connectivity index (χ4v) is 2.22. The summed E-state index contributed by atoms with van der Waals surface area (Å²) >= 11 is 5.52. The van der Waals surface area contributed by atoms with Crippen molar-refractivity contribution in [2.75, 3.05) is 18.9 Å². The van der Waals surface area contributed by atoms with Gasteiger partial charge in [0.15, 0.2) is 0 Å². The minimum atomic E-state index is -4.64. The Hall–Kier alpha value is -2.61. The molecule has 9 heteroatoms. The van der Waals surface area contributed by atoms with Crippen LogP contribution in [0.25, 0.3) is 0 Å². The molecule has 2 aromatic rings. The molecule has 2 amide bonds. The number of rotatable bonds is 4. The molecule has 1 aromatic heterocycles. The number of hydrogen-bond donors (Lipinski definition) is 1. The van der Waals surface area contributed by atoms with E-state index in [0.717, 1.165) is 17.0 Å². The highest BCUT2D eigenvalue weighted by molar-refractivity contribution is 6.31. The molecule has 1 aromatic carbocycles. The van der Waals surface area contributed by atoms with E-state index in [4.69, 9.17) is 11.6 Å². The fourth-order valence-electron chi connectivity index (χ4n) is 1.99. The van der Waals surface area contributed by atoms with Gasteiger partial charge in [0.2, 0.25) is 5.91 Å². The molecular formula is C16H13ClF3N3O2. The number of hydrogen-bond acceptors (Lipinski definition) is 3. The van der Waals surface area contributed by atoms with Gasteiger partial charge in [-0.15, -0.1) is 0 Å². The molecule has 2 rings (SSSR count). The van der Waals surface area contributed by atoms with Gasteiger partial charge in [0, 0.05) is 18.9 Å². The molecule has 0 aliphatic heterocycles. The first-order valence-electron chi connectivity index (χ1n) is 7.01. The lowest BCUT2D eigenvalue weighted by atomic mass is 10.2. The monoisotopic (exact) mass is 371 g/mol. The van der Waals surface area contributed by atoms with Gasteiger partial charge in [-0.2, -0.15) is 13.2 Å². The second-order valence-electron chi connectivity index (χ2n) is 5.12. The Labute approximate surface area is 146 Å². The Morgan fingerprint density at radius 3 is 2.56 bits per heavy atom. The number of carbonyl (C=O) groups excluding carboxylic acids is 2. The number of likely N-dealkylation sites (N-methyl/N-ethyl adjacent to an activating group) is 1. The van der Waals surface area contributed by atoms with Crippen molar-refractivity contribution in [1.29, 1.82) is 0 Å². The van der Waals surface area contributed by atoms with Crippen LogP contribution in [0.3, 0.4) is 0 Å². The molecule has 0 saturated carbocycles. The minimum absolute atomic E-state index is 0.0691. The number of halogens is 4. The third-order valence-electron chi connectivity index (χ3n) is 3.17. The van der Waals surface area contributed by atoms with E-state index in [2.05, 4.69) is 10.3 Å². The number of nitrogens with one attached hydrogen (secondary N) is 1. The average molecular weight is 372 g/mol. The van der Waals surface area contributed by atoms with Gasteiger partial charge in [-0.1, -0.05) is 17.7 Å². The number of anilines is 1. The van der Waals surface area contributed by atoms with E-state index in [1.165, 1.54) is 25.4 Å². The van der Waals surface area contributed by atoms with E-state index in [0.29, 0.717) is 0 Å². The molecule has 0 fully saturated rings. The summed E-state index contributed by atoms with van der Waals surface area (Å²) in [4.78, 5) is 29.0. The first-order chi connectivity index (χ1) is 11.7. The van der Waals surface area contributed by atoms with Crippen LogP contribution >= 0.6 is 11.6 Å². The molecule has 0 unspecified atom stereocenters. The molecule has 5 nitrogen and oxygen atoms in total. The summed E-state index contributed by atoms with van der Waals surface area (Å²) in [5.74, 6) is -1.13. The Bertz CT molecular complexity index is 782. The quantitative estimate of drug-likeness (QED) is 0.895. The highest BCUT2D eigenvalue weighted by Gasteiger charge is 2.33. The van der Waals surface area contributed by atoms with Crippen molar-refractivity contribution in [3.8, 4) is 0 Å². The van der Waals surface area contributed by atoms with Crippen LogP contribution in [0.2, 0.25) is 5.02 Å². The van der Waals surface area contributed by atoms with E-state index in [-0.39, 0.29) is 17.9 Å². The van der Waals surface area contributed by atoms with Crippen LogP contribution in [0.4, 0.5) is 18.9 Å². The largest absolute Gasteiger partial charge is 0.417 e. The van der Waals surface area contributed by atoms with Crippen LogP contribution in [0.5, 0.6) is 0 Å². The number of benzene rings is 1. The van der Waals surface area contributed by atoms with Crippen LogP contribution in [-0.2, 0) is 11.0 Å². The van der Waals surface area contributed by atoms with Crippen molar-refractivity contribution in [2.24, 2.45) is 0 Å². The highest BCUT2D eigenvalue weighted by Crippen LogP contribution is 2.36. The first kappa shape index (κ1) is 18.7. The summed E-state index contributed by atoms with van der Waals surface area (Å²) in [5, 5.41) is 1.84. The number of aromatic nitrogens is 1. The second kappa shape index (κ2) is 7.52. The number of alkyl halides is 3. The zero-order valence-electron chi connectivity index (χ0n) is 13.0. The van der Waals surface area contributed by atoms with E-state index < -0.39 is 28.6 Å². The first-order valence-corrected chi connectivity index (χ1v) is 7.39. The van der Waals surface area contributed by atoms with Crippen molar-refractivity contribution in [3.05, 3.63) is 58.9 Å². The number of carbonyl (C=O) groups is 2. The highest BCUT2D eigenvalue weighted by atomic mass is 35.5. The van der Waals surface area contributed by atoms with Crippen molar-refractivity contribution < 1.29 is 22.8 Å². The Morgan fingerprint density at radius 2 is 1.96 bits per heavy atom. The van der Waals surface area contributed by atoms with Crippen LogP contribution in [0.1, 0.15) is 16.1 Å². The molecule has 132 valence electrons. The van der Waals surface area contributed by atoms with Crippen LogP contribution in [0, 0.1) is 0 Å². The third-order valence-corrected chi connectivity index (χ3v) is 3.50. The summed E-state index contributed by atoms with van der Waals surface area (Å²) < 4.78 is 38.4. The van der Waals surface area contributed by atoms with Crippen molar-refractivity contribution >= 4 is 29.1 Å². The van der Waals surface area contributed by atoms with E-state index in [9.17, 15) is 22.8 Å². The second-order valence-corrected chi connectivity index (χ2v) is 5.52. The summed E-state index contributed by atoms with van der Waals surface area (Å²) in [6, 6.07) is 7.79. The lowest BCUT2D eigenvalue weighted by Crippen LogP contribution is -2.35. The van der Waals surface area contributed by atoms with Crippen LogP contribution < -0.4 is 5.32 Å². The molecule has 0 saturated heterocycles. The van der Waals surface area contributed by atoms with Gasteiger partial charge in [0.05, 0.1) is 17.1 Å². The standard InChI is InChI=1S/C16H13ClF3N3O2/c1-23(15(25)13-4-2-3-7-21-13)9-14(24)22-10-5-6-12(17)11(8-10)16(18,19)20/h2-8H,9H2,1H3,(H,22,24). The van der Waals surface area contributed by atoms with E-state index >= 15 is 0 Å². The molecule has 0 atom stereocenters. The predicted octanol–water partition coefficient (Wildman–Crippen LogP) is 3.46. The summed E-state index contributed by atoms with van der Waals surface area (Å²) in [6.45, 7) is -0.348. The van der Waals surface area contributed by atoms with Gasteiger partial charge < -0.3 is 10.2 Å². The molecule has 1 heterocycles. The minimum Gasteiger partial charge on any atom is -0.331 e. The van der Waals surface area contributed by atoms with Gasteiger partial charge >= 0.3 is 6.18 Å². The van der Waals surface area contributed by atoms with Crippen molar-refractivity contribution in [2.45, 2.75) is 6.18 Å². The molecule has 0 radical (unpaired) electrons. The number of amides is 2. The SMILES string of the molecule is CN(CC(=O)Nc1ccc(Cl)c(C(F)(F)F)c1)C(=O)c1ccccn1. The van der Waals surface area contributed by atoms with Gasteiger partial charge in [-0.25, -0.2) is 0 Å². The Balaban J connectivity index is 2.04. The van der Waals surface area contributed by atoms with Gasteiger partial charge in [0.25, 0.3) is 5.91 Å². The zero-order valence-corrected chi connectivity index (χ0v) is 13.7. The Kier molecular flexibility index (Phi) is 5.63. The zero-order chi connectivity index (χ0) is 18.6. The summed E-state index contributed by atoms with van der Waals surface area (Å²) in [5.41, 5.74) is -0.964. The third kappa shape index (κ3) is 4.93. The summed E-state index contributed by atoms with van der Waals surface area (Å²) in [7, 11) is 1.39. The van der Waals surface area contributed by atoms with Crippen LogP contribution in [0.15, 0.2) is 42.6 Å². The molecule has 0 spiro atoms. The molecule has 0 aliphatic carbocycles. The van der Waals surface area contributed by atoms with Gasteiger partial charge in [0.1, 0.15) is 5.69 Å². The molecule has 0 aliphatic rings. The van der Waals surface area contributed by atoms with Crippen molar-refractivity contribution in [1.82, 2.24) is 9.88 Å². The van der Waals surface area contributed by atoms with Crippen LogP contribution in [-0.4, -0.2) is 35.3 Å². The maximum atomic E-state index is 12.8. The molecule has 25 heavy (non-hydrogen) atoms. The topological polar surface area (TPSA) is 62.3 Å². The number of nitrogens with zero attached hydrogens (tertiary/aromatic N) is 2. The van der Waals surface area contributed by atoms with E-state index in [1.807, 2.05) is 0 Å². The van der Waals surface area contributed by atoms with E-state index in [1.54, 1.807) is 12.1 Å². The molecular weight excluding hydrogens is 359 g/mol. The normalized spacial score (nSPS) is 11.1. The maximum Gasteiger partial charge on any atom is 0.417 e. The molecule has 1 N–H and O–H groups in total. The van der Waals surface area contributed by atoms with Crippen molar-refractivity contribution in [3.63, 3.8) is 0 Å². The lowest BCUT2D eigenvalue weighted by Gasteiger charge is -2.17. The summed E-state index contributed by atoms with van der Waals surface area (Å²) in [6.07, 6.45) is -3.20. The maximum absolute atomic E-state index is 12.8. The molecule has 0 bridgehead atoms.